The van der Waals surface area contributed by atoms with E-state index in [0.717, 1.165) is 4.57 Å². The van der Waals surface area contributed by atoms with Gasteiger partial charge in [-0.1, -0.05) is 0 Å². The molecule has 0 aromatic carbocycles. The van der Waals surface area contributed by atoms with Gasteiger partial charge in [-0.15, -0.1) is 0 Å². The van der Waals surface area contributed by atoms with Crippen molar-refractivity contribution < 1.29 is 20.1 Å². The second-order valence-electron chi connectivity index (χ2n) is 3.77. The van der Waals surface area contributed by atoms with Gasteiger partial charge < -0.3 is 56.5 Å². The molecule has 0 saturated carbocycles. The number of aromatic nitrogens is 2. The Morgan fingerprint density at radius 3 is 2.14 bits per heavy atom. The molecule has 1 saturated heterocycles. The van der Waals surface area contributed by atoms with Crippen molar-refractivity contribution in [3.05, 3.63) is 22.7 Å². The van der Waals surface area contributed by atoms with Gasteiger partial charge in [-0.05, 0) is 6.07 Å². The summed E-state index contributed by atoms with van der Waals surface area (Å²) >= 11 is 0. The third-order valence-corrected chi connectivity index (χ3v) is 2.64. The third-order valence-electron chi connectivity index (χ3n) is 2.64. The molecule has 13 heteroatoms. The maximum atomic E-state index is 11.5. The summed E-state index contributed by atoms with van der Waals surface area (Å²) in [6, 6.07) is 1.37. The highest BCUT2D eigenvalue weighted by molar-refractivity contribution is 5.23. The van der Waals surface area contributed by atoms with Crippen LogP contribution >= 0.6 is 0 Å². The van der Waals surface area contributed by atoms with Gasteiger partial charge in [-0.2, -0.15) is 4.98 Å². The molecule has 13 nitrogen and oxygen atoms in total. The van der Waals surface area contributed by atoms with Crippen LogP contribution in [0.1, 0.15) is 6.23 Å². The molecule has 0 spiro atoms. The summed E-state index contributed by atoms with van der Waals surface area (Å²) in [7, 11) is 0. The topological polar surface area (TPSA) is 306 Å². The molecular formula is C9H28N8O5. The van der Waals surface area contributed by atoms with Crippen molar-refractivity contribution in [1.82, 2.24) is 40.3 Å². The van der Waals surface area contributed by atoms with Gasteiger partial charge in [0.1, 0.15) is 24.1 Å². The number of rotatable bonds is 2. The van der Waals surface area contributed by atoms with Crippen LogP contribution in [-0.2, 0) is 4.74 Å². The zero-order chi connectivity index (χ0) is 12.6. The molecule has 20 N–H and O–H groups in total. The van der Waals surface area contributed by atoms with Gasteiger partial charge in [0.2, 0.25) is 0 Å². The Morgan fingerprint density at radius 2 is 1.73 bits per heavy atom. The first-order valence-corrected chi connectivity index (χ1v) is 5.01. The minimum absolute atomic E-state index is 0. The van der Waals surface area contributed by atoms with Crippen molar-refractivity contribution in [2.45, 2.75) is 24.5 Å². The molecule has 1 aliphatic heterocycles. The van der Waals surface area contributed by atoms with Crippen LogP contribution in [0.25, 0.3) is 0 Å². The van der Waals surface area contributed by atoms with Crippen molar-refractivity contribution >= 4 is 5.82 Å². The summed E-state index contributed by atoms with van der Waals surface area (Å²) in [5.74, 6) is 0.0537. The van der Waals surface area contributed by atoms with Gasteiger partial charge in [0.15, 0.2) is 6.23 Å². The zero-order valence-corrected chi connectivity index (χ0v) is 12.3. The zero-order valence-electron chi connectivity index (χ0n) is 12.3. The third kappa shape index (κ3) is 4.95. The standard InChI is InChI=1S/C9H13N3O5.5H3N/c10-5-1-2-12(9(16)11-5)8-7(15)6(14)4(3-13)17-8;;;;;/h1-2,4,6-8,13-15H,3H2,(H2,10,11,16);5*1H3/t4-,6-,7-,8-;;;;;/m1...../s1. The van der Waals surface area contributed by atoms with E-state index in [9.17, 15) is 15.0 Å². The van der Waals surface area contributed by atoms with Crippen LogP contribution in [0.2, 0.25) is 0 Å². The lowest BCUT2D eigenvalue weighted by molar-refractivity contribution is -0.0549. The fourth-order valence-corrected chi connectivity index (χ4v) is 1.73. The van der Waals surface area contributed by atoms with Crippen LogP contribution in [0, 0.1) is 0 Å². The second kappa shape index (κ2) is 11.0. The van der Waals surface area contributed by atoms with Crippen LogP contribution < -0.4 is 42.2 Å². The fraction of sp³-hybridized carbons (Fsp3) is 0.556. The first kappa shape index (κ1) is 28.5. The molecule has 0 bridgehead atoms. The molecule has 134 valence electrons. The van der Waals surface area contributed by atoms with Gasteiger partial charge >= 0.3 is 5.69 Å². The summed E-state index contributed by atoms with van der Waals surface area (Å²) in [4.78, 5) is 15.0. The maximum Gasteiger partial charge on any atom is 0.351 e. The van der Waals surface area contributed by atoms with E-state index in [1.165, 1.54) is 12.3 Å². The van der Waals surface area contributed by atoms with Crippen LogP contribution in [0.15, 0.2) is 17.1 Å². The number of nitrogens with two attached hydrogens (primary N) is 1. The van der Waals surface area contributed by atoms with E-state index < -0.39 is 36.8 Å². The first-order valence-electron chi connectivity index (χ1n) is 5.01. The number of nitrogen functional groups attached to an aromatic ring is 1. The summed E-state index contributed by atoms with van der Waals surface area (Å²) in [5.41, 5.74) is 4.63. The molecule has 1 aromatic rings. The highest BCUT2D eigenvalue weighted by Crippen LogP contribution is 2.27. The van der Waals surface area contributed by atoms with Gasteiger partial charge in [-0.25, -0.2) is 4.79 Å². The predicted octanol–water partition coefficient (Wildman–Crippen LogP) is -1.75. The lowest BCUT2D eigenvalue weighted by atomic mass is 10.1. The highest BCUT2D eigenvalue weighted by atomic mass is 16.6. The number of hydrogen-bond acceptors (Lipinski definition) is 12. The Kier molecular flexibility index (Phi) is 14.2. The van der Waals surface area contributed by atoms with E-state index >= 15 is 0 Å². The number of nitrogens with zero attached hydrogens (tertiary/aromatic N) is 2. The number of anilines is 1. The number of hydrogen-bond donors (Lipinski definition) is 9. The summed E-state index contributed by atoms with van der Waals surface area (Å²) < 4.78 is 6.19. The number of aliphatic hydroxyl groups excluding tert-OH is 3. The van der Waals surface area contributed by atoms with E-state index in [4.69, 9.17) is 15.6 Å². The summed E-state index contributed by atoms with van der Waals surface area (Å²) in [5, 5.41) is 28.2. The Balaban J connectivity index is -0.000000324. The average molecular weight is 328 g/mol. The van der Waals surface area contributed by atoms with Crippen LogP contribution in [0.5, 0.6) is 0 Å². The number of aliphatic hydroxyl groups is 3. The maximum absolute atomic E-state index is 11.5. The van der Waals surface area contributed by atoms with E-state index in [0.29, 0.717) is 0 Å². The van der Waals surface area contributed by atoms with Crippen LogP contribution in [-0.4, -0.2) is 49.8 Å². The molecule has 0 aliphatic carbocycles. The molecule has 1 fully saturated rings. The summed E-state index contributed by atoms with van der Waals surface area (Å²) in [6.07, 6.45) is -3.27. The predicted molar refractivity (Wildman–Crippen MR) is 81.0 cm³/mol. The van der Waals surface area contributed by atoms with Crippen LogP contribution in [0.4, 0.5) is 5.82 Å². The lowest BCUT2D eigenvalue weighted by Crippen LogP contribution is -2.36. The van der Waals surface area contributed by atoms with E-state index in [-0.39, 0.29) is 36.6 Å². The minimum Gasteiger partial charge on any atom is -0.394 e. The molecule has 1 aromatic heterocycles. The van der Waals surface area contributed by atoms with Crippen molar-refractivity contribution in [2.75, 3.05) is 12.3 Å². The molecule has 4 atom stereocenters. The Morgan fingerprint density at radius 1 is 1.18 bits per heavy atom. The normalized spacial score (nSPS) is 25.4. The molecular weight excluding hydrogens is 300 g/mol. The molecule has 0 amide bonds. The van der Waals surface area contributed by atoms with E-state index in [1.54, 1.807) is 0 Å². The minimum atomic E-state index is -1.31. The van der Waals surface area contributed by atoms with Crippen molar-refractivity contribution in [3.63, 3.8) is 0 Å². The Labute approximate surface area is 127 Å². The van der Waals surface area contributed by atoms with Gasteiger partial charge in [0, 0.05) is 6.20 Å². The smallest absolute Gasteiger partial charge is 0.351 e. The van der Waals surface area contributed by atoms with E-state index in [2.05, 4.69) is 4.98 Å². The SMILES string of the molecule is N.N.N.N.N.Nc1ccn([C@@H]2O[C@H](CO)[C@@H](O)[C@H]2O)c(=O)n1. The van der Waals surface area contributed by atoms with Crippen LogP contribution in [0.3, 0.4) is 0 Å². The van der Waals surface area contributed by atoms with Crippen molar-refractivity contribution in [1.29, 1.82) is 0 Å². The quantitative estimate of drug-likeness (QED) is 0.291. The molecule has 22 heavy (non-hydrogen) atoms. The Hall–Kier alpha value is -1.68. The highest BCUT2D eigenvalue weighted by Gasteiger charge is 2.43. The van der Waals surface area contributed by atoms with Gasteiger partial charge in [0.25, 0.3) is 0 Å². The van der Waals surface area contributed by atoms with Crippen molar-refractivity contribution in [3.8, 4) is 0 Å². The molecule has 0 radical (unpaired) electrons. The van der Waals surface area contributed by atoms with Crippen molar-refractivity contribution in [2.24, 2.45) is 0 Å². The fourth-order valence-electron chi connectivity index (χ4n) is 1.73. The molecule has 1 aliphatic rings. The lowest BCUT2D eigenvalue weighted by Gasteiger charge is -2.16. The molecule has 0 unspecified atom stereocenters. The largest absolute Gasteiger partial charge is 0.394 e. The second-order valence-corrected chi connectivity index (χ2v) is 3.77. The van der Waals surface area contributed by atoms with E-state index in [1.807, 2.05) is 0 Å². The number of ether oxygens (including phenoxy) is 1. The molecule has 2 heterocycles. The average Bonchev–Trinajstić information content (AvgIpc) is 2.57. The molecule has 2 rings (SSSR count). The summed E-state index contributed by atoms with van der Waals surface area (Å²) in [6.45, 7) is -0.453. The monoisotopic (exact) mass is 328 g/mol. The van der Waals surface area contributed by atoms with Gasteiger partial charge in [-0.3, -0.25) is 4.57 Å². The first-order chi connectivity index (χ1) is 8.04. The van der Waals surface area contributed by atoms with Gasteiger partial charge in [0.05, 0.1) is 6.61 Å². The Bertz CT molecular complexity index is 472.